The van der Waals surface area contributed by atoms with Crippen LogP contribution in [-0.2, 0) is 12.0 Å². The van der Waals surface area contributed by atoms with Gasteiger partial charge in [0.25, 0.3) is 0 Å². The van der Waals surface area contributed by atoms with Gasteiger partial charge in [-0.2, -0.15) is 11.8 Å². The molecule has 2 rings (SSSR count). The standard InChI is InChI=1S/C13H19NS/c1-2-15-10-13(7-8-13)12-6-4-3-5-11(12)9-14/h3-6H,2,7-10,14H2,1H3. The van der Waals surface area contributed by atoms with E-state index in [0.29, 0.717) is 12.0 Å². The lowest BCUT2D eigenvalue weighted by Gasteiger charge is -2.18. The van der Waals surface area contributed by atoms with E-state index in [1.807, 2.05) is 0 Å². The second-order valence-electron chi connectivity index (χ2n) is 4.28. The molecule has 1 aliphatic rings. The Morgan fingerprint density at radius 1 is 1.33 bits per heavy atom. The molecule has 2 N–H and O–H groups in total. The van der Waals surface area contributed by atoms with E-state index in [2.05, 4.69) is 43.0 Å². The average molecular weight is 221 g/mol. The summed E-state index contributed by atoms with van der Waals surface area (Å²) >= 11 is 2.05. The molecule has 0 heterocycles. The van der Waals surface area contributed by atoms with Gasteiger partial charge in [0.15, 0.2) is 0 Å². The van der Waals surface area contributed by atoms with Gasteiger partial charge in [0.05, 0.1) is 0 Å². The van der Waals surface area contributed by atoms with Crippen LogP contribution in [0.5, 0.6) is 0 Å². The topological polar surface area (TPSA) is 26.0 Å². The zero-order valence-electron chi connectivity index (χ0n) is 9.33. The molecular weight excluding hydrogens is 202 g/mol. The summed E-state index contributed by atoms with van der Waals surface area (Å²) in [4.78, 5) is 0. The summed E-state index contributed by atoms with van der Waals surface area (Å²) in [7, 11) is 0. The molecule has 0 radical (unpaired) electrons. The van der Waals surface area contributed by atoms with Crippen molar-refractivity contribution in [3.05, 3.63) is 35.4 Å². The van der Waals surface area contributed by atoms with Gasteiger partial charge in [-0.25, -0.2) is 0 Å². The molecule has 0 bridgehead atoms. The summed E-state index contributed by atoms with van der Waals surface area (Å²) in [6.45, 7) is 2.91. The maximum atomic E-state index is 5.80. The molecule has 1 saturated carbocycles. The first kappa shape index (κ1) is 11.0. The summed E-state index contributed by atoms with van der Waals surface area (Å²) in [5.41, 5.74) is 9.11. The van der Waals surface area contributed by atoms with Crippen LogP contribution in [0.25, 0.3) is 0 Å². The fourth-order valence-corrected chi connectivity index (χ4v) is 3.19. The molecule has 1 fully saturated rings. The summed E-state index contributed by atoms with van der Waals surface area (Å²) in [6, 6.07) is 8.68. The third kappa shape index (κ3) is 2.21. The Hall–Kier alpha value is -0.470. The average Bonchev–Trinajstić information content (AvgIpc) is 3.07. The van der Waals surface area contributed by atoms with Crippen molar-refractivity contribution >= 4 is 11.8 Å². The van der Waals surface area contributed by atoms with E-state index in [4.69, 9.17) is 5.73 Å². The highest BCUT2D eigenvalue weighted by atomic mass is 32.2. The highest BCUT2D eigenvalue weighted by Gasteiger charge is 2.44. The predicted octanol–water partition coefficient (Wildman–Crippen LogP) is 2.93. The molecule has 0 saturated heterocycles. The summed E-state index contributed by atoms with van der Waals surface area (Å²) in [5.74, 6) is 2.48. The van der Waals surface area contributed by atoms with Crippen LogP contribution < -0.4 is 5.73 Å². The monoisotopic (exact) mass is 221 g/mol. The molecule has 2 heteroatoms. The Bertz CT molecular complexity index is 331. The number of rotatable bonds is 5. The van der Waals surface area contributed by atoms with Crippen molar-refractivity contribution in [1.29, 1.82) is 0 Å². The zero-order valence-corrected chi connectivity index (χ0v) is 10.1. The number of benzene rings is 1. The lowest BCUT2D eigenvalue weighted by Crippen LogP contribution is -2.14. The van der Waals surface area contributed by atoms with Gasteiger partial charge in [-0.1, -0.05) is 31.2 Å². The number of nitrogens with two attached hydrogens (primary N) is 1. The molecule has 0 unspecified atom stereocenters. The molecule has 1 aromatic rings. The first-order chi connectivity index (χ1) is 7.32. The van der Waals surface area contributed by atoms with Crippen LogP contribution in [0.15, 0.2) is 24.3 Å². The SMILES string of the molecule is CCSCC1(c2ccccc2CN)CC1. The van der Waals surface area contributed by atoms with Crippen molar-refractivity contribution in [3.8, 4) is 0 Å². The predicted molar refractivity (Wildman–Crippen MR) is 68.2 cm³/mol. The molecule has 1 nitrogen and oxygen atoms in total. The van der Waals surface area contributed by atoms with Crippen LogP contribution in [0.3, 0.4) is 0 Å². The van der Waals surface area contributed by atoms with Crippen LogP contribution >= 0.6 is 11.8 Å². The van der Waals surface area contributed by atoms with Gasteiger partial charge in [0, 0.05) is 17.7 Å². The lowest BCUT2D eigenvalue weighted by molar-refractivity contribution is 0.782. The van der Waals surface area contributed by atoms with Crippen molar-refractivity contribution in [2.24, 2.45) is 5.73 Å². The van der Waals surface area contributed by atoms with Crippen LogP contribution in [0, 0.1) is 0 Å². The summed E-state index contributed by atoms with van der Waals surface area (Å²) in [6.07, 6.45) is 2.69. The van der Waals surface area contributed by atoms with Gasteiger partial charge >= 0.3 is 0 Å². The Morgan fingerprint density at radius 3 is 2.67 bits per heavy atom. The number of hydrogen-bond donors (Lipinski definition) is 1. The minimum atomic E-state index is 0.469. The molecule has 0 amide bonds. The molecule has 15 heavy (non-hydrogen) atoms. The normalized spacial score (nSPS) is 17.7. The lowest BCUT2D eigenvalue weighted by atomic mass is 9.93. The van der Waals surface area contributed by atoms with Crippen molar-refractivity contribution in [2.75, 3.05) is 11.5 Å². The van der Waals surface area contributed by atoms with Crippen LogP contribution in [0.1, 0.15) is 30.9 Å². The Balaban J connectivity index is 2.21. The Morgan fingerprint density at radius 2 is 2.07 bits per heavy atom. The zero-order chi connectivity index (χ0) is 10.7. The quantitative estimate of drug-likeness (QED) is 0.827. The van der Waals surface area contributed by atoms with Crippen molar-refractivity contribution < 1.29 is 0 Å². The first-order valence-electron chi connectivity index (χ1n) is 5.68. The van der Waals surface area contributed by atoms with Crippen LogP contribution in [0.4, 0.5) is 0 Å². The van der Waals surface area contributed by atoms with Gasteiger partial charge in [-0.05, 0) is 29.7 Å². The second kappa shape index (κ2) is 4.58. The Kier molecular flexibility index (Phi) is 3.37. The second-order valence-corrected chi connectivity index (χ2v) is 5.55. The van der Waals surface area contributed by atoms with E-state index >= 15 is 0 Å². The van der Waals surface area contributed by atoms with Crippen LogP contribution in [-0.4, -0.2) is 11.5 Å². The van der Waals surface area contributed by atoms with Crippen molar-refractivity contribution in [3.63, 3.8) is 0 Å². The van der Waals surface area contributed by atoms with E-state index in [1.165, 1.54) is 35.5 Å². The van der Waals surface area contributed by atoms with Crippen molar-refractivity contribution in [1.82, 2.24) is 0 Å². The van der Waals surface area contributed by atoms with E-state index in [0.717, 1.165) is 0 Å². The third-order valence-corrected chi connectivity index (χ3v) is 4.41. The van der Waals surface area contributed by atoms with Crippen molar-refractivity contribution in [2.45, 2.75) is 31.7 Å². The molecular formula is C13H19NS. The van der Waals surface area contributed by atoms with E-state index in [1.54, 1.807) is 0 Å². The minimum Gasteiger partial charge on any atom is -0.326 e. The molecule has 1 aromatic carbocycles. The summed E-state index contributed by atoms with van der Waals surface area (Å²) < 4.78 is 0. The molecule has 0 aliphatic heterocycles. The molecule has 82 valence electrons. The fourth-order valence-electron chi connectivity index (χ4n) is 2.16. The third-order valence-electron chi connectivity index (χ3n) is 3.24. The smallest absolute Gasteiger partial charge is 0.0181 e. The van der Waals surface area contributed by atoms with E-state index in [-0.39, 0.29) is 0 Å². The van der Waals surface area contributed by atoms with Gasteiger partial charge in [0.2, 0.25) is 0 Å². The molecule has 0 atom stereocenters. The highest BCUT2D eigenvalue weighted by molar-refractivity contribution is 7.99. The number of thioether (sulfide) groups is 1. The van der Waals surface area contributed by atoms with Gasteiger partial charge < -0.3 is 5.73 Å². The summed E-state index contributed by atoms with van der Waals surface area (Å²) in [5, 5.41) is 0. The maximum absolute atomic E-state index is 5.80. The highest BCUT2D eigenvalue weighted by Crippen LogP contribution is 2.51. The number of hydrogen-bond acceptors (Lipinski definition) is 2. The maximum Gasteiger partial charge on any atom is 0.0181 e. The Labute approximate surface area is 96.4 Å². The van der Waals surface area contributed by atoms with Gasteiger partial charge in [-0.3, -0.25) is 0 Å². The molecule has 1 aliphatic carbocycles. The largest absolute Gasteiger partial charge is 0.326 e. The van der Waals surface area contributed by atoms with Crippen LogP contribution in [0.2, 0.25) is 0 Å². The van der Waals surface area contributed by atoms with Gasteiger partial charge in [-0.15, -0.1) is 0 Å². The first-order valence-corrected chi connectivity index (χ1v) is 6.84. The minimum absolute atomic E-state index is 0.469. The van der Waals surface area contributed by atoms with Gasteiger partial charge in [0.1, 0.15) is 0 Å². The molecule has 0 aromatic heterocycles. The van der Waals surface area contributed by atoms with E-state index in [9.17, 15) is 0 Å². The fraction of sp³-hybridized carbons (Fsp3) is 0.538. The van der Waals surface area contributed by atoms with E-state index < -0.39 is 0 Å². The molecule has 0 spiro atoms.